The van der Waals surface area contributed by atoms with Gasteiger partial charge >= 0.3 is 0 Å². The number of carbonyl (C=O) groups is 1. The molecule has 0 atom stereocenters. The van der Waals surface area contributed by atoms with E-state index in [1.165, 1.54) is 22.6 Å². The Morgan fingerprint density at radius 3 is 2.32 bits per heavy atom. The Balaban J connectivity index is 1.41. The van der Waals surface area contributed by atoms with Crippen molar-refractivity contribution in [1.82, 2.24) is 9.62 Å². The normalized spacial score (nSPS) is 15.5. The van der Waals surface area contributed by atoms with E-state index in [0.29, 0.717) is 13.1 Å². The highest BCUT2D eigenvalue weighted by molar-refractivity contribution is 9.10. The van der Waals surface area contributed by atoms with Crippen LogP contribution in [0.25, 0.3) is 0 Å². The van der Waals surface area contributed by atoms with Crippen LogP contribution in [0.1, 0.15) is 12.0 Å². The maximum absolute atomic E-state index is 12.4. The molecule has 2 aromatic rings. The van der Waals surface area contributed by atoms with Crippen LogP contribution in [-0.2, 0) is 21.4 Å². The summed E-state index contributed by atoms with van der Waals surface area (Å²) in [4.78, 5) is 15.9. The molecule has 1 fully saturated rings. The van der Waals surface area contributed by atoms with E-state index in [9.17, 15) is 13.2 Å². The molecule has 0 spiro atoms. The number of hydrogen-bond acceptors (Lipinski definition) is 3. The standard InChI is InChI=1S/C20H24BrN3O3S/c21-18-6-8-19(9-7-18)28(26,27)22-11-10-20(25)24-14-12-23(13-15-24)16-17-4-2-1-3-5-17/h1-9,22H,10-16H2/p+1. The molecule has 1 amide bonds. The fraction of sp³-hybridized carbons (Fsp3) is 0.350. The van der Waals surface area contributed by atoms with Gasteiger partial charge in [-0.1, -0.05) is 46.3 Å². The number of rotatable bonds is 7. The maximum atomic E-state index is 12.4. The van der Waals surface area contributed by atoms with Crippen molar-refractivity contribution in [2.75, 3.05) is 32.7 Å². The molecule has 1 aliphatic rings. The van der Waals surface area contributed by atoms with Crippen LogP contribution >= 0.6 is 15.9 Å². The Morgan fingerprint density at radius 2 is 1.68 bits per heavy atom. The molecule has 6 nitrogen and oxygen atoms in total. The highest BCUT2D eigenvalue weighted by Gasteiger charge is 2.24. The summed E-state index contributed by atoms with van der Waals surface area (Å²) in [5.41, 5.74) is 1.31. The van der Waals surface area contributed by atoms with E-state index in [4.69, 9.17) is 0 Å². The molecule has 0 unspecified atom stereocenters. The number of nitrogens with one attached hydrogen (secondary N) is 2. The van der Waals surface area contributed by atoms with Crippen molar-refractivity contribution in [2.45, 2.75) is 17.9 Å². The molecule has 1 aliphatic heterocycles. The van der Waals surface area contributed by atoms with E-state index in [0.717, 1.165) is 24.1 Å². The molecule has 0 saturated carbocycles. The zero-order valence-electron chi connectivity index (χ0n) is 15.6. The quantitative estimate of drug-likeness (QED) is 0.640. The minimum Gasteiger partial charge on any atom is -0.331 e. The summed E-state index contributed by atoms with van der Waals surface area (Å²) in [6.07, 6.45) is 0.170. The van der Waals surface area contributed by atoms with Crippen LogP contribution in [0.3, 0.4) is 0 Å². The molecule has 0 aromatic heterocycles. The number of hydrogen-bond donors (Lipinski definition) is 2. The maximum Gasteiger partial charge on any atom is 0.240 e. The third-order valence-electron chi connectivity index (χ3n) is 4.88. The van der Waals surface area contributed by atoms with E-state index in [2.05, 4.69) is 32.8 Å². The molecule has 8 heteroatoms. The van der Waals surface area contributed by atoms with Gasteiger partial charge in [0.25, 0.3) is 0 Å². The van der Waals surface area contributed by atoms with Crippen LogP contribution in [0.2, 0.25) is 0 Å². The van der Waals surface area contributed by atoms with Gasteiger partial charge in [-0.2, -0.15) is 0 Å². The second kappa shape index (κ2) is 9.65. The smallest absolute Gasteiger partial charge is 0.240 e. The van der Waals surface area contributed by atoms with E-state index in [1.54, 1.807) is 12.1 Å². The molecule has 0 aliphatic carbocycles. The fourth-order valence-electron chi connectivity index (χ4n) is 3.28. The van der Waals surface area contributed by atoms with Crippen molar-refractivity contribution >= 4 is 31.9 Å². The topological polar surface area (TPSA) is 70.9 Å². The van der Waals surface area contributed by atoms with E-state index in [-0.39, 0.29) is 23.8 Å². The first-order chi connectivity index (χ1) is 13.4. The average Bonchev–Trinajstić information content (AvgIpc) is 2.69. The number of nitrogens with zero attached hydrogens (tertiary/aromatic N) is 1. The summed E-state index contributed by atoms with van der Waals surface area (Å²) >= 11 is 3.28. The minimum absolute atomic E-state index is 0.00253. The van der Waals surface area contributed by atoms with E-state index in [1.807, 2.05) is 23.1 Å². The third-order valence-corrected chi connectivity index (χ3v) is 6.88. The summed E-state index contributed by atoms with van der Waals surface area (Å²) in [6.45, 7) is 4.31. The number of carbonyl (C=O) groups excluding carboxylic acids is 1. The zero-order valence-corrected chi connectivity index (χ0v) is 18.0. The van der Waals surface area contributed by atoms with Crippen LogP contribution in [0.4, 0.5) is 0 Å². The van der Waals surface area contributed by atoms with Gasteiger partial charge in [0.1, 0.15) is 6.54 Å². The molecule has 2 N–H and O–H groups in total. The number of amides is 1. The van der Waals surface area contributed by atoms with E-state index < -0.39 is 10.0 Å². The lowest BCUT2D eigenvalue weighted by Crippen LogP contribution is -3.13. The van der Waals surface area contributed by atoms with Gasteiger partial charge in [0.05, 0.1) is 31.1 Å². The second-order valence-electron chi connectivity index (χ2n) is 6.89. The molecule has 3 rings (SSSR count). The largest absolute Gasteiger partial charge is 0.331 e. The summed E-state index contributed by atoms with van der Waals surface area (Å²) in [5, 5.41) is 0. The summed E-state index contributed by atoms with van der Waals surface area (Å²) in [7, 11) is -3.59. The fourth-order valence-corrected chi connectivity index (χ4v) is 4.58. The monoisotopic (exact) mass is 466 g/mol. The second-order valence-corrected chi connectivity index (χ2v) is 9.58. The van der Waals surface area contributed by atoms with Crippen LogP contribution in [0.5, 0.6) is 0 Å². The Morgan fingerprint density at radius 1 is 1.04 bits per heavy atom. The summed E-state index contributed by atoms with van der Waals surface area (Å²) in [6, 6.07) is 16.8. The molecular formula is C20H25BrN3O3S+. The molecule has 0 bridgehead atoms. The Kier molecular flexibility index (Phi) is 7.23. The first kappa shape index (κ1) is 21.0. The third kappa shape index (κ3) is 5.88. The van der Waals surface area contributed by atoms with Gasteiger partial charge in [-0.3, -0.25) is 4.79 Å². The van der Waals surface area contributed by atoms with Crippen LogP contribution in [0, 0.1) is 0 Å². The first-order valence-electron chi connectivity index (χ1n) is 9.34. The van der Waals surface area contributed by atoms with Gasteiger partial charge in [-0.25, -0.2) is 13.1 Å². The molecule has 28 heavy (non-hydrogen) atoms. The number of halogens is 1. The predicted octanol–water partition coefficient (Wildman–Crippen LogP) is 1.04. The summed E-state index contributed by atoms with van der Waals surface area (Å²) in [5.74, 6) is -0.00253. The zero-order chi connectivity index (χ0) is 20.0. The molecule has 0 radical (unpaired) electrons. The van der Waals surface area contributed by atoms with Gasteiger partial charge in [0.15, 0.2) is 0 Å². The number of quaternary nitrogens is 1. The minimum atomic E-state index is -3.59. The van der Waals surface area contributed by atoms with Crippen molar-refractivity contribution in [1.29, 1.82) is 0 Å². The van der Waals surface area contributed by atoms with Crippen molar-refractivity contribution in [3.63, 3.8) is 0 Å². The van der Waals surface area contributed by atoms with Gasteiger partial charge in [-0.05, 0) is 24.3 Å². The highest BCUT2D eigenvalue weighted by Crippen LogP contribution is 2.14. The lowest BCUT2D eigenvalue weighted by molar-refractivity contribution is -0.917. The molecule has 1 saturated heterocycles. The van der Waals surface area contributed by atoms with E-state index >= 15 is 0 Å². The van der Waals surface area contributed by atoms with Gasteiger partial charge in [0, 0.05) is 23.0 Å². The first-order valence-corrected chi connectivity index (χ1v) is 11.6. The van der Waals surface area contributed by atoms with Crippen molar-refractivity contribution in [2.24, 2.45) is 0 Å². The SMILES string of the molecule is O=C(CCNS(=O)(=O)c1ccc(Br)cc1)N1CC[NH+](Cc2ccccc2)CC1. The van der Waals surface area contributed by atoms with Gasteiger partial charge in [0.2, 0.25) is 15.9 Å². The Bertz CT molecular complexity index is 881. The number of piperazine rings is 1. The molecule has 150 valence electrons. The summed E-state index contributed by atoms with van der Waals surface area (Å²) < 4.78 is 27.9. The average molecular weight is 467 g/mol. The van der Waals surface area contributed by atoms with Crippen LogP contribution in [0.15, 0.2) is 64.0 Å². The van der Waals surface area contributed by atoms with Crippen molar-refractivity contribution in [3.05, 3.63) is 64.6 Å². The molecular weight excluding hydrogens is 442 g/mol. The lowest BCUT2D eigenvalue weighted by atomic mass is 10.2. The molecule has 1 heterocycles. The highest BCUT2D eigenvalue weighted by atomic mass is 79.9. The van der Waals surface area contributed by atoms with Crippen LogP contribution in [-0.4, -0.2) is 51.9 Å². The van der Waals surface area contributed by atoms with Gasteiger partial charge < -0.3 is 9.80 Å². The number of benzene rings is 2. The Hall–Kier alpha value is -1.74. The van der Waals surface area contributed by atoms with Crippen LogP contribution < -0.4 is 9.62 Å². The van der Waals surface area contributed by atoms with Crippen molar-refractivity contribution in [3.8, 4) is 0 Å². The van der Waals surface area contributed by atoms with Gasteiger partial charge in [-0.15, -0.1) is 0 Å². The molecule has 2 aromatic carbocycles. The Labute approximate surface area is 174 Å². The lowest BCUT2D eigenvalue weighted by Gasteiger charge is -2.32. The number of sulfonamides is 1. The van der Waals surface area contributed by atoms with Crippen molar-refractivity contribution < 1.29 is 18.1 Å². The predicted molar refractivity (Wildman–Crippen MR) is 111 cm³/mol.